The molecule has 0 spiro atoms. The van der Waals surface area contributed by atoms with Crippen LogP contribution < -0.4 is 4.74 Å². The highest BCUT2D eigenvalue weighted by molar-refractivity contribution is 9.10. The number of aliphatic hydroxyl groups excluding tert-OH is 1. The van der Waals surface area contributed by atoms with Crippen molar-refractivity contribution in [2.75, 3.05) is 0 Å². The fourth-order valence-corrected chi connectivity index (χ4v) is 2.33. The molecule has 0 saturated heterocycles. The third-order valence-electron chi connectivity index (χ3n) is 2.85. The Hall–Kier alpha value is -1.99. The highest BCUT2D eigenvalue weighted by Gasteiger charge is 2.16. The first-order valence-electron chi connectivity index (χ1n) is 5.97. The number of nitro benzene ring substituents is 1. The predicted octanol–water partition coefficient (Wildman–Crippen LogP) is 3.57. The minimum Gasteiger partial charge on any atom is -0.485 e. The third-order valence-corrected chi connectivity index (χ3v) is 3.76. The second-order valence-electron chi connectivity index (χ2n) is 4.18. The topological polar surface area (TPSA) is 72.6 Å². The van der Waals surface area contributed by atoms with Gasteiger partial charge >= 0.3 is 0 Å². The molecule has 0 amide bonds. The molecule has 0 aliphatic heterocycles. The van der Waals surface area contributed by atoms with Gasteiger partial charge in [0.05, 0.1) is 11.5 Å². The molecule has 0 heterocycles. The Morgan fingerprint density at radius 1 is 1.24 bits per heavy atom. The minimum atomic E-state index is -0.594. The van der Waals surface area contributed by atoms with Crippen molar-refractivity contribution in [1.82, 2.24) is 0 Å². The number of nitro groups is 1. The molecule has 2 aromatic carbocycles. The molecule has 1 N–H and O–H groups in total. The van der Waals surface area contributed by atoms with E-state index in [1.807, 2.05) is 0 Å². The maximum Gasteiger partial charge on any atom is 0.283 e. The molecule has 0 aliphatic rings. The molecule has 2 rings (SSSR count). The molecule has 5 nitrogen and oxygen atoms in total. The summed E-state index contributed by atoms with van der Waals surface area (Å²) in [5, 5.41) is 20.0. The average molecular weight is 356 g/mol. The molecular weight excluding hydrogens is 345 g/mol. The summed E-state index contributed by atoms with van der Waals surface area (Å²) in [6.45, 7) is -0.417. The van der Waals surface area contributed by atoms with Crippen LogP contribution in [0.1, 0.15) is 11.1 Å². The Bertz CT molecular complexity index is 678. The van der Waals surface area contributed by atoms with E-state index in [1.165, 1.54) is 24.3 Å². The van der Waals surface area contributed by atoms with E-state index in [0.29, 0.717) is 11.1 Å². The van der Waals surface area contributed by atoms with Crippen LogP contribution in [0.15, 0.2) is 40.9 Å². The molecule has 0 unspecified atom stereocenters. The zero-order valence-electron chi connectivity index (χ0n) is 10.8. The Morgan fingerprint density at radius 3 is 2.57 bits per heavy atom. The van der Waals surface area contributed by atoms with Gasteiger partial charge in [-0.2, -0.15) is 0 Å². The minimum absolute atomic E-state index is 0.0570. The van der Waals surface area contributed by atoms with Gasteiger partial charge in [-0.15, -0.1) is 0 Å². The fraction of sp³-hybridized carbons (Fsp3) is 0.143. The summed E-state index contributed by atoms with van der Waals surface area (Å²) in [7, 11) is 0. The van der Waals surface area contributed by atoms with E-state index >= 15 is 0 Å². The van der Waals surface area contributed by atoms with Crippen LogP contribution in [0.4, 0.5) is 10.1 Å². The van der Waals surface area contributed by atoms with Crippen molar-refractivity contribution in [3.05, 3.63) is 67.9 Å². The summed E-state index contributed by atoms with van der Waals surface area (Å²) in [4.78, 5) is 10.3. The van der Waals surface area contributed by atoms with Gasteiger partial charge in [-0.1, -0.05) is 24.3 Å². The molecule has 0 atom stereocenters. The molecule has 21 heavy (non-hydrogen) atoms. The summed E-state index contributed by atoms with van der Waals surface area (Å²) in [5.74, 6) is -0.651. The summed E-state index contributed by atoms with van der Waals surface area (Å²) < 4.78 is 19.4. The summed E-state index contributed by atoms with van der Waals surface area (Å²) >= 11 is 3.14. The van der Waals surface area contributed by atoms with E-state index in [-0.39, 0.29) is 29.1 Å². The number of para-hydroxylation sites is 1. The largest absolute Gasteiger partial charge is 0.485 e. The number of benzene rings is 2. The predicted molar refractivity (Wildman–Crippen MR) is 77.5 cm³/mol. The summed E-state index contributed by atoms with van der Waals surface area (Å²) in [6.07, 6.45) is 0. The normalized spacial score (nSPS) is 10.4. The lowest BCUT2D eigenvalue weighted by molar-refractivity contribution is -0.385. The molecule has 0 aliphatic carbocycles. The van der Waals surface area contributed by atoms with Gasteiger partial charge in [0, 0.05) is 17.2 Å². The number of aliphatic hydroxyl groups is 1. The van der Waals surface area contributed by atoms with Crippen LogP contribution in [0.5, 0.6) is 5.75 Å². The highest BCUT2D eigenvalue weighted by atomic mass is 79.9. The van der Waals surface area contributed by atoms with E-state index < -0.39 is 10.7 Å². The standard InChI is InChI=1S/C14H11BrFNO4/c15-13-10(4-2-6-12(13)17(19)20)8-21-14-9(7-18)3-1-5-11(14)16/h1-6,18H,7-8H2. The molecule has 2 aromatic rings. The van der Waals surface area contributed by atoms with E-state index in [4.69, 9.17) is 9.84 Å². The molecule has 0 aromatic heterocycles. The SMILES string of the molecule is O=[N+]([O-])c1cccc(COc2c(F)cccc2CO)c1Br. The van der Waals surface area contributed by atoms with Crippen molar-refractivity contribution in [1.29, 1.82) is 0 Å². The van der Waals surface area contributed by atoms with Crippen molar-refractivity contribution in [3.8, 4) is 5.75 Å². The van der Waals surface area contributed by atoms with Crippen LogP contribution in [0.25, 0.3) is 0 Å². The number of rotatable bonds is 5. The Morgan fingerprint density at radius 2 is 1.90 bits per heavy atom. The van der Waals surface area contributed by atoms with E-state index in [0.717, 1.165) is 0 Å². The van der Waals surface area contributed by atoms with Gasteiger partial charge in [0.1, 0.15) is 11.1 Å². The highest BCUT2D eigenvalue weighted by Crippen LogP contribution is 2.30. The smallest absolute Gasteiger partial charge is 0.283 e. The van der Waals surface area contributed by atoms with Crippen LogP contribution in [0.3, 0.4) is 0 Å². The van der Waals surface area contributed by atoms with Crippen LogP contribution >= 0.6 is 15.9 Å². The lowest BCUT2D eigenvalue weighted by Gasteiger charge is -2.12. The molecule has 0 fully saturated rings. The molecule has 0 bridgehead atoms. The number of nitrogens with zero attached hydrogens (tertiary/aromatic N) is 1. The van der Waals surface area contributed by atoms with Gasteiger partial charge < -0.3 is 9.84 Å². The number of hydrogen-bond donors (Lipinski definition) is 1. The van der Waals surface area contributed by atoms with Crippen molar-refractivity contribution in [2.45, 2.75) is 13.2 Å². The number of ether oxygens (including phenoxy) is 1. The van der Waals surface area contributed by atoms with Gasteiger partial charge in [0.15, 0.2) is 11.6 Å². The lowest BCUT2D eigenvalue weighted by Crippen LogP contribution is -2.03. The second kappa shape index (κ2) is 6.64. The van der Waals surface area contributed by atoms with Gasteiger partial charge in [0.25, 0.3) is 5.69 Å². The number of halogens is 2. The lowest BCUT2D eigenvalue weighted by atomic mass is 10.2. The van der Waals surface area contributed by atoms with Crippen LogP contribution in [-0.4, -0.2) is 10.0 Å². The molecule has 0 saturated carbocycles. The number of hydrogen-bond acceptors (Lipinski definition) is 4. The Kier molecular flexibility index (Phi) is 4.87. The maximum absolute atomic E-state index is 13.7. The zero-order chi connectivity index (χ0) is 15.4. The van der Waals surface area contributed by atoms with E-state index in [1.54, 1.807) is 12.1 Å². The quantitative estimate of drug-likeness (QED) is 0.657. The molecule has 0 radical (unpaired) electrons. The fourth-order valence-electron chi connectivity index (χ4n) is 1.81. The molecular formula is C14H11BrFNO4. The van der Waals surface area contributed by atoms with Crippen molar-refractivity contribution in [2.24, 2.45) is 0 Å². The van der Waals surface area contributed by atoms with Gasteiger partial charge in [-0.25, -0.2) is 4.39 Å². The first kappa shape index (κ1) is 15.4. The molecule has 7 heteroatoms. The van der Waals surface area contributed by atoms with E-state index in [2.05, 4.69) is 15.9 Å². The summed E-state index contributed by atoms with van der Waals surface area (Å²) in [6, 6.07) is 8.75. The van der Waals surface area contributed by atoms with Crippen LogP contribution in [-0.2, 0) is 13.2 Å². The Balaban J connectivity index is 2.25. The monoisotopic (exact) mass is 355 g/mol. The Labute approximate surface area is 128 Å². The van der Waals surface area contributed by atoms with Crippen molar-refractivity contribution in [3.63, 3.8) is 0 Å². The first-order valence-corrected chi connectivity index (χ1v) is 6.76. The average Bonchev–Trinajstić information content (AvgIpc) is 2.46. The van der Waals surface area contributed by atoms with Crippen LogP contribution in [0, 0.1) is 15.9 Å². The maximum atomic E-state index is 13.7. The van der Waals surface area contributed by atoms with Crippen LogP contribution in [0.2, 0.25) is 0 Å². The third kappa shape index (κ3) is 3.37. The first-order chi connectivity index (χ1) is 10.0. The van der Waals surface area contributed by atoms with Crippen molar-refractivity contribution < 1.29 is 19.2 Å². The summed E-state index contributed by atoms with van der Waals surface area (Å²) in [5.41, 5.74) is 0.736. The van der Waals surface area contributed by atoms with Crippen molar-refractivity contribution >= 4 is 21.6 Å². The van der Waals surface area contributed by atoms with E-state index in [9.17, 15) is 14.5 Å². The van der Waals surface area contributed by atoms with Gasteiger partial charge in [0.2, 0.25) is 0 Å². The van der Waals surface area contributed by atoms with Gasteiger partial charge in [-0.05, 0) is 22.0 Å². The zero-order valence-corrected chi connectivity index (χ0v) is 12.3. The van der Waals surface area contributed by atoms with Gasteiger partial charge in [-0.3, -0.25) is 10.1 Å². The molecule has 110 valence electrons. The second-order valence-corrected chi connectivity index (χ2v) is 4.98.